The second-order valence-corrected chi connectivity index (χ2v) is 3.70. The molecule has 2 N–H and O–H groups in total. The SMILES string of the molecule is C/C(=N\O)c1ccccc1NC(=O)c1ccoc1. The monoisotopic (exact) mass is 244 g/mol. The second-order valence-electron chi connectivity index (χ2n) is 3.70. The first-order valence-corrected chi connectivity index (χ1v) is 5.34. The lowest BCUT2D eigenvalue weighted by Crippen LogP contribution is -2.13. The van der Waals surface area contributed by atoms with Gasteiger partial charge in [0.1, 0.15) is 6.26 Å². The van der Waals surface area contributed by atoms with E-state index in [9.17, 15) is 4.79 Å². The third-order valence-electron chi connectivity index (χ3n) is 2.50. The Morgan fingerprint density at radius 2 is 2.11 bits per heavy atom. The van der Waals surface area contributed by atoms with Gasteiger partial charge in [-0.3, -0.25) is 4.79 Å². The summed E-state index contributed by atoms with van der Waals surface area (Å²) in [7, 11) is 0. The van der Waals surface area contributed by atoms with Gasteiger partial charge in [-0.2, -0.15) is 0 Å². The number of rotatable bonds is 3. The van der Waals surface area contributed by atoms with Crippen molar-refractivity contribution in [3.63, 3.8) is 0 Å². The predicted octanol–water partition coefficient (Wildman–Crippen LogP) is 2.73. The summed E-state index contributed by atoms with van der Waals surface area (Å²) in [5, 5.41) is 14.7. The fourth-order valence-electron chi connectivity index (χ4n) is 1.55. The van der Waals surface area contributed by atoms with E-state index < -0.39 is 0 Å². The van der Waals surface area contributed by atoms with Crippen LogP contribution in [0.25, 0.3) is 0 Å². The highest BCUT2D eigenvalue weighted by molar-refractivity contribution is 6.10. The lowest BCUT2D eigenvalue weighted by atomic mass is 10.1. The number of hydrogen-bond donors (Lipinski definition) is 2. The van der Waals surface area contributed by atoms with E-state index >= 15 is 0 Å². The Labute approximate surface area is 104 Å². The largest absolute Gasteiger partial charge is 0.472 e. The summed E-state index contributed by atoms with van der Waals surface area (Å²) in [4.78, 5) is 11.9. The van der Waals surface area contributed by atoms with Crippen LogP contribution in [-0.4, -0.2) is 16.8 Å². The highest BCUT2D eigenvalue weighted by Crippen LogP contribution is 2.17. The van der Waals surface area contributed by atoms with E-state index in [1.807, 2.05) is 0 Å². The van der Waals surface area contributed by atoms with Gasteiger partial charge in [0.25, 0.3) is 5.91 Å². The van der Waals surface area contributed by atoms with Crippen molar-refractivity contribution in [2.45, 2.75) is 6.92 Å². The average Bonchev–Trinajstić information content (AvgIpc) is 2.92. The number of hydrogen-bond acceptors (Lipinski definition) is 4. The van der Waals surface area contributed by atoms with E-state index in [1.165, 1.54) is 12.5 Å². The fourth-order valence-corrected chi connectivity index (χ4v) is 1.55. The zero-order valence-electron chi connectivity index (χ0n) is 9.75. The van der Waals surface area contributed by atoms with Crippen LogP contribution in [0.2, 0.25) is 0 Å². The van der Waals surface area contributed by atoms with Crippen LogP contribution in [0.1, 0.15) is 22.8 Å². The molecular weight excluding hydrogens is 232 g/mol. The van der Waals surface area contributed by atoms with Crippen molar-refractivity contribution in [1.29, 1.82) is 0 Å². The number of carbonyl (C=O) groups excluding carboxylic acids is 1. The van der Waals surface area contributed by atoms with Gasteiger partial charge in [0, 0.05) is 5.56 Å². The Kier molecular flexibility index (Phi) is 3.43. The minimum atomic E-state index is -0.276. The predicted molar refractivity (Wildman–Crippen MR) is 67.1 cm³/mol. The van der Waals surface area contributed by atoms with Crippen molar-refractivity contribution in [3.05, 3.63) is 54.0 Å². The molecule has 0 aliphatic carbocycles. The average molecular weight is 244 g/mol. The van der Waals surface area contributed by atoms with Crippen LogP contribution in [0.3, 0.4) is 0 Å². The molecule has 18 heavy (non-hydrogen) atoms. The molecule has 0 aliphatic heterocycles. The molecule has 0 radical (unpaired) electrons. The van der Waals surface area contributed by atoms with E-state index in [4.69, 9.17) is 9.62 Å². The van der Waals surface area contributed by atoms with E-state index in [0.29, 0.717) is 22.5 Å². The van der Waals surface area contributed by atoms with E-state index in [2.05, 4.69) is 10.5 Å². The molecule has 0 atom stereocenters. The van der Waals surface area contributed by atoms with E-state index in [-0.39, 0.29) is 5.91 Å². The van der Waals surface area contributed by atoms with Gasteiger partial charge in [-0.15, -0.1) is 0 Å². The molecule has 1 aromatic heterocycles. The number of anilines is 1. The van der Waals surface area contributed by atoms with Gasteiger partial charge in [0.05, 0.1) is 23.2 Å². The van der Waals surface area contributed by atoms with E-state index in [1.54, 1.807) is 37.3 Å². The van der Waals surface area contributed by atoms with Crippen molar-refractivity contribution < 1.29 is 14.4 Å². The number of nitrogens with zero attached hydrogens (tertiary/aromatic N) is 1. The van der Waals surface area contributed by atoms with Gasteiger partial charge in [-0.25, -0.2) is 0 Å². The van der Waals surface area contributed by atoms with Crippen LogP contribution in [0.5, 0.6) is 0 Å². The van der Waals surface area contributed by atoms with Gasteiger partial charge in [0.2, 0.25) is 0 Å². The standard InChI is InChI=1S/C13H12N2O3/c1-9(15-17)11-4-2-3-5-12(11)14-13(16)10-6-7-18-8-10/h2-8,17H,1H3,(H,14,16)/b15-9+. The third kappa shape index (κ3) is 2.40. The number of oxime groups is 1. The summed E-state index contributed by atoms with van der Waals surface area (Å²) in [6.07, 6.45) is 2.80. The van der Waals surface area contributed by atoms with Crippen LogP contribution in [-0.2, 0) is 0 Å². The Balaban J connectivity index is 2.27. The number of carbonyl (C=O) groups is 1. The number of benzene rings is 1. The van der Waals surface area contributed by atoms with Crippen molar-refractivity contribution in [2.24, 2.45) is 5.16 Å². The smallest absolute Gasteiger partial charge is 0.258 e. The number of furan rings is 1. The maximum atomic E-state index is 11.9. The molecule has 1 heterocycles. The molecule has 1 aromatic carbocycles. The number of amides is 1. The Hall–Kier alpha value is -2.56. The van der Waals surface area contributed by atoms with Crippen molar-refractivity contribution in [2.75, 3.05) is 5.32 Å². The molecular formula is C13H12N2O3. The molecule has 92 valence electrons. The van der Waals surface area contributed by atoms with Gasteiger partial charge in [0.15, 0.2) is 0 Å². The van der Waals surface area contributed by atoms with Crippen LogP contribution in [0.4, 0.5) is 5.69 Å². The molecule has 0 spiro atoms. The topological polar surface area (TPSA) is 74.8 Å². The normalized spacial score (nSPS) is 11.3. The highest BCUT2D eigenvalue weighted by Gasteiger charge is 2.11. The Bertz CT molecular complexity index is 574. The summed E-state index contributed by atoms with van der Waals surface area (Å²) >= 11 is 0. The molecule has 0 saturated heterocycles. The van der Waals surface area contributed by atoms with Crippen LogP contribution < -0.4 is 5.32 Å². The summed E-state index contributed by atoms with van der Waals surface area (Å²) in [6.45, 7) is 1.66. The van der Waals surface area contributed by atoms with Crippen LogP contribution >= 0.6 is 0 Å². The van der Waals surface area contributed by atoms with Gasteiger partial charge in [-0.1, -0.05) is 23.4 Å². The molecule has 5 nitrogen and oxygen atoms in total. The quantitative estimate of drug-likeness (QED) is 0.495. The first-order valence-electron chi connectivity index (χ1n) is 5.34. The second kappa shape index (κ2) is 5.18. The highest BCUT2D eigenvalue weighted by atomic mass is 16.4. The molecule has 1 amide bonds. The molecule has 0 bridgehead atoms. The molecule has 0 saturated carbocycles. The molecule has 0 fully saturated rings. The lowest BCUT2D eigenvalue weighted by Gasteiger charge is -2.09. The Morgan fingerprint density at radius 1 is 1.33 bits per heavy atom. The maximum Gasteiger partial charge on any atom is 0.258 e. The Morgan fingerprint density at radius 3 is 2.78 bits per heavy atom. The van der Waals surface area contributed by atoms with E-state index in [0.717, 1.165) is 0 Å². The van der Waals surface area contributed by atoms with Crippen molar-refractivity contribution >= 4 is 17.3 Å². The van der Waals surface area contributed by atoms with Crippen molar-refractivity contribution in [1.82, 2.24) is 0 Å². The third-order valence-corrected chi connectivity index (χ3v) is 2.50. The lowest BCUT2D eigenvalue weighted by molar-refractivity contribution is 0.102. The summed E-state index contributed by atoms with van der Waals surface area (Å²) < 4.78 is 4.85. The van der Waals surface area contributed by atoms with Crippen molar-refractivity contribution in [3.8, 4) is 0 Å². The summed E-state index contributed by atoms with van der Waals surface area (Å²) in [5.74, 6) is -0.276. The fraction of sp³-hybridized carbons (Fsp3) is 0.0769. The number of nitrogens with one attached hydrogen (secondary N) is 1. The van der Waals surface area contributed by atoms with Crippen LogP contribution in [0, 0.1) is 0 Å². The minimum Gasteiger partial charge on any atom is -0.472 e. The zero-order valence-corrected chi connectivity index (χ0v) is 9.75. The zero-order chi connectivity index (χ0) is 13.0. The molecule has 0 unspecified atom stereocenters. The minimum absolute atomic E-state index is 0.276. The first kappa shape index (κ1) is 11.9. The van der Waals surface area contributed by atoms with Crippen LogP contribution in [0.15, 0.2) is 52.4 Å². The number of para-hydroxylation sites is 1. The summed E-state index contributed by atoms with van der Waals surface area (Å²) in [5.41, 5.74) is 2.11. The molecule has 5 heteroatoms. The van der Waals surface area contributed by atoms with Gasteiger partial charge >= 0.3 is 0 Å². The first-order chi connectivity index (χ1) is 8.72. The summed E-state index contributed by atoms with van der Waals surface area (Å²) in [6, 6.07) is 8.67. The van der Waals surface area contributed by atoms with Gasteiger partial charge < -0.3 is 14.9 Å². The molecule has 2 rings (SSSR count). The van der Waals surface area contributed by atoms with Gasteiger partial charge in [-0.05, 0) is 19.1 Å². The molecule has 0 aliphatic rings. The maximum absolute atomic E-state index is 11.9. The molecule has 2 aromatic rings.